The number of nitrogens with one attached hydrogen (secondary N) is 1. The number of hydrogen-bond acceptors (Lipinski definition) is 4. The Bertz CT molecular complexity index is 435. The van der Waals surface area contributed by atoms with E-state index in [2.05, 4.69) is 36.2 Å². The first-order valence-corrected chi connectivity index (χ1v) is 6.80. The summed E-state index contributed by atoms with van der Waals surface area (Å²) in [6.45, 7) is 8.97. The van der Waals surface area contributed by atoms with Crippen molar-refractivity contribution < 1.29 is 4.74 Å². The van der Waals surface area contributed by atoms with Gasteiger partial charge in [-0.25, -0.2) is 4.98 Å². The standard InChI is InChI=1S/C14H21N3O/c1-10-7-15-8-12-3-4-13(16-14(10)12)17-5-6-18-9-11(17)2/h3-4,10-11,15H,5-9H2,1-2H3/t10-,11+/m0/s1. The van der Waals surface area contributed by atoms with Crippen LogP contribution in [0, 0.1) is 0 Å². The van der Waals surface area contributed by atoms with Gasteiger partial charge in [0, 0.05) is 25.6 Å². The van der Waals surface area contributed by atoms with Crippen LogP contribution in [0.5, 0.6) is 0 Å². The molecule has 0 bridgehead atoms. The minimum Gasteiger partial charge on any atom is -0.377 e. The predicted molar refractivity (Wildman–Crippen MR) is 72.0 cm³/mol. The molecule has 1 fully saturated rings. The Kier molecular flexibility index (Phi) is 3.22. The Morgan fingerprint density at radius 1 is 1.39 bits per heavy atom. The van der Waals surface area contributed by atoms with Gasteiger partial charge >= 0.3 is 0 Å². The van der Waals surface area contributed by atoms with Crippen LogP contribution < -0.4 is 10.2 Å². The van der Waals surface area contributed by atoms with Gasteiger partial charge in [0.25, 0.3) is 0 Å². The molecular weight excluding hydrogens is 226 g/mol. The van der Waals surface area contributed by atoms with Gasteiger partial charge < -0.3 is 15.0 Å². The minimum absolute atomic E-state index is 0.418. The van der Waals surface area contributed by atoms with Crippen LogP contribution in [0.15, 0.2) is 12.1 Å². The molecule has 0 aliphatic carbocycles. The van der Waals surface area contributed by atoms with Crippen LogP contribution in [0.25, 0.3) is 0 Å². The van der Waals surface area contributed by atoms with Gasteiger partial charge in [-0.1, -0.05) is 13.0 Å². The van der Waals surface area contributed by atoms with E-state index < -0.39 is 0 Å². The van der Waals surface area contributed by atoms with Crippen LogP contribution >= 0.6 is 0 Å². The zero-order valence-corrected chi connectivity index (χ0v) is 11.1. The summed E-state index contributed by atoms with van der Waals surface area (Å²) < 4.78 is 5.49. The number of ether oxygens (including phenoxy) is 1. The van der Waals surface area contributed by atoms with Crippen LogP contribution in [0.4, 0.5) is 5.82 Å². The molecule has 0 aromatic carbocycles. The maximum atomic E-state index is 5.49. The smallest absolute Gasteiger partial charge is 0.129 e. The molecule has 0 unspecified atom stereocenters. The molecule has 0 saturated carbocycles. The van der Waals surface area contributed by atoms with Crippen LogP contribution in [0.3, 0.4) is 0 Å². The Labute approximate surface area is 108 Å². The Balaban J connectivity index is 1.91. The number of rotatable bonds is 1. The Hall–Kier alpha value is -1.13. The number of pyridine rings is 1. The summed E-state index contributed by atoms with van der Waals surface area (Å²) in [5.41, 5.74) is 2.61. The average Bonchev–Trinajstić information content (AvgIpc) is 2.40. The van der Waals surface area contributed by atoms with Crippen molar-refractivity contribution >= 4 is 5.82 Å². The summed E-state index contributed by atoms with van der Waals surface area (Å²) in [6.07, 6.45) is 0. The lowest BCUT2D eigenvalue weighted by molar-refractivity contribution is 0.0985. The molecule has 0 radical (unpaired) electrons. The zero-order valence-electron chi connectivity index (χ0n) is 11.1. The molecule has 4 heteroatoms. The summed E-state index contributed by atoms with van der Waals surface area (Å²) >= 11 is 0. The molecule has 3 rings (SSSR count). The summed E-state index contributed by atoms with van der Waals surface area (Å²) in [5.74, 6) is 1.61. The number of hydrogen-bond donors (Lipinski definition) is 1. The maximum Gasteiger partial charge on any atom is 0.129 e. The number of nitrogens with zero attached hydrogens (tertiary/aromatic N) is 2. The van der Waals surface area contributed by atoms with Gasteiger partial charge in [-0.15, -0.1) is 0 Å². The molecule has 2 aliphatic rings. The van der Waals surface area contributed by atoms with E-state index in [1.165, 1.54) is 11.3 Å². The van der Waals surface area contributed by atoms with E-state index in [1.807, 2.05) is 0 Å². The lowest BCUT2D eigenvalue weighted by Crippen LogP contribution is -2.44. The fraction of sp³-hybridized carbons (Fsp3) is 0.643. The maximum absolute atomic E-state index is 5.49. The molecule has 1 saturated heterocycles. The van der Waals surface area contributed by atoms with Crippen molar-refractivity contribution in [2.24, 2.45) is 0 Å². The highest BCUT2D eigenvalue weighted by Gasteiger charge is 2.23. The third-order valence-electron chi connectivity index (χ3n) is 3.89. The largest absolute Gasteiger partial charge is 0.377 e. The van der Waals surface area contributed by atoms with Crippen molar-refractivity contribution in [2.45, 2.75) is 32.4 Å². The first-order valence-electron chi connectivity index (χ1n) is 6.80. The molecule has 4 nitrogen and oxygen atoms in total. The summed E-state index contributed by atoms with van der Waals surface area (Å²) in [4.78, 5) is 7.26. The lowest BCUT2D eigenvalue weighted by Gasteiger charge is -2.35. The molecule has 1 aromatic rings. The fourth-order valence-electron chi connectivity index (χ4n) is 2.82. The van der Waals surface area contributed by atoms with Crippen molar-refractivity contribution in [1.82, 2.24) is 10.3 Å². The van der Waals surface area contributed by atoms with Crippen LogP contribution in [-0.4, -0.2) is 37.3 Å². The first-order chi connectivity index (χ1) is 8.75. The molecule has 0 amide bonds. The van der Waals surface area contributed by atoms with Crippen molar-refractivity contribution in [3.63, 3.8) is 0 Å². The van der Waals surface area contributed by atoms with Crippen molar-refractivity contribution in [1.29, 1.82) is 0 Å². The SMILES string of the molecule is C[C@@H]1COCCN1c1ccc2c(n1)[C@@H](C)CNC2. The van der Waals surface area contributed by atoms with Gasteiger partial charge in [0.1, 0.15) is 5.82 Å². The molecule has 3 heterocycles. The molecular formula is C14H21N3O. The normalized spacial score (nSPS) is 28.0. The fourth-order valence-corrected chi connectivity index (χ4v) is 2.82. The van der Waals surface area contributed by atoms with E-state index in [0.717, 1.165) is 38.7 Å². The number of aromatic nitrogens is 1. The molecule has 1 aromatic heterocycles. The summed E-state index contributed by atoms with van der Waals surface area (Å²) in [5, 5.41) is 3.42. The molecule has 18 heavy (non-hydrogen) atoms. The van der Waals surface area contributed by atoms with Gasteiger partial charge in [0.05, 0.1) is 24.9 Å². The molecule has 0 spiro atoms. The van der Waals surface area contributed by atoms with E-state index in [1.54, 1.807) is 0 Å². The van der Waals surface area contributed by atoms with Crippen LogP contribution in [-0.2, 0) is 11.3 Å². The summed E-state index contributed by atoms with van der Waals surface area (Å²) in [6, 6.07) is 4.80. The second-order valence-electron chi connectivity index (χ2n) is 5.36. The third-order valence-corrected chi connectivity index (χ3v) is 3.89. The number of anilines is 1. The molecule has 98 valence electrons. The van der Waals surface area contributed by atoms with Gasteiger partial charge in [0.2, 0.25) is 0 Å². The van der Waals surface area contributed by atoms with Gasteiger partial charge in [-0.2, -0.15) is 0 Å². The highest BCUT2D eigenvalue weighted by atomic mass is 16.5. The Morgan fingerprint density at radius 2 is 2.28 bits per heavy atom. The predicted octanol–water partition coefficient (Wildman–Crippen LogP) is 1.51. The second kappa shape index (κ2) is 4.86. The first kappa shape index (κ1) is 11.9. The van der Waals surface area contributed by atoms with Crippen LogP contribution in [0.2, 0.25) is 0 Å². The third kappa shape index (κ3) is 2.10. The van der Waals surface area contributed by atoms with Crippen molar-refractivity contribution in [3.8, 4) is 0 Å². The average molecular weight is 247 g/mol. The van der Waals surface area contributed by atoms with Crippen molar-refractivity contribution in [2.75, 3.05) is 31.2 Å². The van der Waals surface area contributed by atoms with E-state index in [-0.39, 0.29) is 0 Å². The number of fused-ring (bicyclic) bond motifs is 1. The van der Waals surface area contributed by atoms with E-state index in [4.69, 9.17) is 9.72 Å². The minimum atomic E-state index is 0.418. The highest BCUT2D eigenvalue weighted by Crippen LogP contribution is 2.26. The van der Waals surface area contributed by atoms with E-state index in [0.29, 0.717) is 12.0 Å². The molecule has 2 aliphatic heterocycles. The van der Waals surface area contributed by atoms with Gasteiger partial charge in [0.15, 0.2) is 0 Å². The lowest BCUT2D eigenvalue weighted by atomic mass is 9.98. The van der Waals surface area contributed by atoms with Crippen LogP contribution in [0.1, 0.15) is 31.0 Å². The van der Waals surface area contributed by atoms with Gasteiger partial charge in [-0.05, 0) is 18.6 Å². The van der Waals surface area contributed by atoms with E-state index >= 15 is 0 Å². The van der Waals surface area contributed by atoms with E-state index in [9.17, 15) is 0 Å². The molecule has 2 atom stereocenters. The number of morpholine rings is 1. The van der Waals surface area contributed by atoms with Gasteiger partial charge in [-0.3, -0.25) is 0 Å². The Morgan fingerprint density at radius 3 is 3.11 bits per heavy atom. The monoisotopic (exact) mass is 247 g/mol. The second-order valence-corrected chi connectivity index (χ2v) is 5.36. The zero-order chi connectivity index (χ0) is 12.5. The molecule has 1 N–H and O–H groups in total. The van der Waals surface area contributed by atoms with Crippen molar-refractivity contribution in [3.05, 3.63) is 23.4 Å². The topological polar surface area (TPSA) is 37.4 Å². The summed E-state index contributed by atoms with van der Waals surface area (Å²) in [7, 11) is 0. The quantitative estimate of drug-likeness (QED) is 0.816. The highest BCUT2D eigenvalue weighted by molar-refractivity contribution is 5.44.